The first-order valence-corrected chi connectivity index (χ1v) is 10.2. The molecule has 4 rings (SSSR count). The maximum absolute atomic E-state index is 13.0. The molecule has 1 aliphatic carbocycles. The SMILES string of the molecule is N[C@@H]1CC[C@H](CCNCc2cccc3c2C(=O)N(C2CCC(=O)NC2=O)C3)C1. The van der Waals surface area contributed by atoms with Crippen LogP contribution in [0.1, 0.15) is 60.0 Å². The van der Waals surface area contributed by atoms with Crippen molar-refractivity contribution in [2.24, 2.45) is 11.7 Å². The third kappa shape index (κ3) is 3.82. The van der Waals surface area contributed by atoms with Gasteiger partial charge in [0.1, 0.15) is 6.04 Å². The maximum Gasteiger partial charge on any atom is 0.255 e. The lowest BCUT2D eigenvalue weighted by atomic mass is 10.0. The molecule has 3 amide bonds. The Morgan fingerprint density at radius 2 is 2.04 bits per heavy atom. The first-order valence-electron chi connectivity index (χ1n) is 10.2. The van der Waals surface area contributed by atoms with Crippen LogP contribution in [-0.4, -0.2) is 41.2 Å². The molecule has 2 heterocycles. The molecule has 1 saturated carbocycles. The topological polar surface area (TPSA) is 105 Å². The van der Waals surface area contributed by atoms with Gasteiger partial charge >= 0.3 is 0 Å². The first kappa shape index (κ1) is 19.1. The van der Waals surface area contributed by atoms with Crippen molar-refractivity contribution in [3.05, 3.63) is 34.9 Å². The smallest absolute Gasteiger partial charge is 0.255 e. The molecule has 0 aromatic heterocycles. The van der Waals surface area contributed by atoms with Crippen LogP contribution in [0.25, 0.3) is 0 Å². The number of nitrogens with two attached hydrogens (primary N) is 1. The fourth-order valence-electron chi connectivity index (χ4n) is 4.74. The normalized spacial score (nSPS) is 27.2. The van der Waals surface area contributed by atoms with E-state index in [0.717, 1.165) is 36.9 Å². The van der Waals surface area contributed by atoms with E-state index in [0.29, 0.717) is 37.0 Å². The molecule has 0 spiro atoms. The Labute approximate surface area is 165 Å². The summed E-state index contributed by atoms with van der Waals surface area (Å²) in [6.45, 7) is 1.97. The zero-order valence-corrected chi connectivity index (χ0v) is 16.1. The van der Waals surface area contributed by atoms with Crippen molar-refractivity contribution in [3.8, 4) is 0 Å². The quantitative estimate of drug-likeness (QED) is 0.502. The minimum atomic E-state index is -0.565. The van der Waals surface area contributed by atoms with Crippen LogP contribution in [0.3, 0.4) is 0 Å². The molecular formula is C21H28N4O3. The van der Waals surface area contributed by atoms with E-state index in [-0.39, 0.29) is 24.1 Å². The number of rotatable bonds is 6. The Morgan fingerprint density at radius 1 is 1.18 bits per heavy atom. The van der Waals surface area contributed by atoms with E-state index in [4.69, 9.17) is 5.73 Å². The fourth-order valence-corrected chi connectivity index (χ4v) is 4.74. The van der Waals surface area contributed by atoms with Gasteiger partial charge in [-0.05, 0) is 55.7 Å². The highest BCUT2D eigenvalue weighted by Gasteiger charge is 2.39. The van der Waals surface area contributed by atoms with E-state index in [1.807, 2.05) is 18.2 Å². The monoisotopic (exact) mass is 384 g/mol. The lowest BCUT2D eigenvalue weighted by Gasteiger charge is -2.29. The summed E-state index contributed by atoms with van der Waals surface area (Å²) < 4.78 is 0. The summed E-state index contributed by atoms with van der Waals surface area (Å²) in [5.41, 5.74) is 8.62. The molecule has 1 aromatic carbocycles. The van der Waals surface area contributed by atoms with Gasteiger partial charge in [0.05, 0.1) is 0 Å². The van der Waals surface area contributed by atoms with Crippen molar-refractivity contribution in [2.45, 2.75) is 63.7 Å². The number of imide groups is 1. The molecule has 1 saturated heterocycles. The maximum atomic E-state index is 13.0. The number of fused-ring (bicyclic) bond motifs is 1. The van der Waals surface area contributed by atoms with Gasteiger partial charge in [-0.2, -0.15) is 0 Å². The standard InChI is InChI=1S/C21H28N4O3/c22-16-5-4-13(10-16)8-9-23-11-14-2-1-3-15-12-25(21(28)19(14)15)17-6-7-18(26)24-20(17)27/h1-3,13,16-17,23H,4-12,22H2,(H,24,26,27)/t13-,16-,17?/m1/s1. The molecule has 3 aliphatic rings. The average molecular weight is 384 g/mol. The van der Waals surface area contributed by atoms with Gasteiger partial charge in [-0.15, -0.1) is 0 Å². The second-order valence-electron chi connectivity index (χ2n) is 8.26. The highest BCUT2D eigenvalue weighted by Crippen LogP contribution is 2.30. The van der Waals surface area contributed by atoms with Crippen molar-refractivity contribution in [1.29, 1.82) is 0 Å². The molecule has 150 valence electrons. The number of piperidine rings is 1. The molecule has 28 heavy (non-hydrogen) atoms. The van der Waals surface area contributed by atoms with Crippen LogP contribution in [0.4, 0.5) is 0 Å². The van der Waals surface area contributed by atoms with E-state index < -0.39 is 6.04 Å². The zero-order chi connectivity index (χ0) is 19.7. The Balaban J connectivity index is 1.38. The molecular weight excluding hydrogens is 356 g/mol. The predicted molar refractivity (Wildman–Crippen MR) is 104 cm³/mol. The summed E-state index contributed by atoms with van der Waals surface area (Å²) in [4.78, 5) is 38.2. The Hall–Kier alpha value is -2.25. The molecule has 4 N–H and O–H groups in total. The number of nitrogens with one attached hydrogen (secondary N) is 2. The van der Waals surface area contributed by atoms with Crippen LogP contribution in [0.5, 0.6) is 0 Å². The summed E-state index contributed by atoms with van der Waals surface area (Å²) >= 11 is 0. The Bertz CT molecular complexity index is 794. The van der Waals surface area contributed by atoms with Gasteiger partial charge in [0, 0.05) is 31.1 Å². The molecule has 1 unspecified atom stereocenters. The zero-order valence-electron chi connectivity index (χ0n) is 16.1. The van der Waals surface area contributed by atoms with Crippen LogP contribution in [-0.2, 0) is 22.7 Å². The number of amides is 3. The van der Waals surface area contributed by atoms with Crippen LogP contribution in [0.2, 0.25) is 0 Å². The Kier molecular flexibility index (Phi) is 5.46. The minimum absolute atomic E-state index is 0.108. The van der Waals surface area contributed by atoms with Crippen molar-refractivity contribution in [2.75, 3.05) is 6.54 Å². The number of nitrogens with zero attached hydrogens (tertiary/aromatic N) is 1. The summed E-state index contributed by atoms with van der Waals surface area (Å²) in [5.74, 6) is -0.0392. The molecule has 7 heteroatoms. The second kappa shape index (κ2) is 8.01. The van der Waals surface area contributed by atoms with Crippen LogP contribution >= 0.6 is 0 Å². The molecule has 0 radical (unpaired) electrons. The van der Waals surface area contributed by atoms with E-state index in [1.54, 1.807) is 4.90 Å². The van der Waals surface area contributed by atoms with Gasteiger partial charge in [-0.1, -0.05) is 18.2 Å². The first-order chi connectivity index (χ1) is 13.5. The summed E-state index contributed by atoms with van der Waals surface area (Å²) in [7, 11) is 0. The summed E-state index contributed by atoms with van der Waals surface area (Å²) in [6.07, 6.45) is 5.22. The van der Waals surface area contributed by atoms with Crippen LogP contribution in [0, 0.1) is 5.92 Å². The highest BCUT2D eigenvalue weighted by molar-refractivity contribution is 6.05. The number of hydrogen-bond donors (Lipinski definition) is 3. The average Bonchev–Trinajstić information content (AvgIpc) is 3.23. The number of carbonyl (C=O) groups is 3. The van der Waals surface area contributed by atoms with Crippen molar-refractivity contribution in [3.63, 3.8) is 0 Å². The second-order valence-corrected chi connectivity index (χ2v) is 8.26. The van der Waals surface area contributed by atoms with E-state index in [1.165, 1.54) is 6.42 Å². The van der Waals surface area contributed by atoms with Crippen molar-refractivity contribution < 1.29 is 14.4 Å². The fraction of sp³-hybridized carbons (Fsp3) is 0.571. The lowest BCUT2D eigenvalue weighted by Crippen LogP contribution is -2.52. The molecule has 7 nitrogen and oxygen atoms in total. The number of carbonyl (C=O) groups excluding carboxylic acids is 3. The van der Waals surface area contributed by atoms with Gasteiger partial charge in [-0.25, -0.2) is 0 Å². The largest absolute Gasteiger partial charge is 0.328 e. The van der Waals surface area contributed by atoms with Gasteiger partial charge in [0.2, 0.25) is 11.8 Å². The van der Waals surface area contributed by atoms with Gasteiger partial charge in [-0.3, -0.25) is 19.7 Å². The van der Waals surface area contributed by atoms with Crippen molar-refractivity contribution in [1.82, 2.24) is 15.5 Å². The van der Waals surface area contributed by atoms with E-state index in [9.17, 15) is 14.4 Å². The number of hydrogen-bond acceptors (Lipinski definition) is 5. The number of benzene rings is 1. The van der Waals surface area contributed by atoms with Crippen LogP contribution in [0.15, 0.2) is 18.2 Å². The molecule has 1 aromatic rings. The lowest BCUT2D eigenvalue weighted by molar-refractivity contribution is -0.136. The van der Waals surface area contributed by atoms with E-state index in [2.05, 4.69) is 10.6 Å². The third-order valence-electron chi connectivity index (χ3n) is 6.27. The Morgan fingerprint density at radius 3 is 2.79 bits per heavy atom. The van der Waals surface area contributed by atoms with E-state index >= 15 is 0 Å². The van der Waals surface area contributed by atoms with Crippen molar-refractivity contribution >= 4 is 17.7 Å². The third-order valence-corrected chi connectivity index (χ3v) is 6.27. The summed E-state index contributed by atoms with van der Waals surface area (Å²) in [6, 6.07) is 5.68. The van der Waals surface area contributed by atoms with Gasteiger partial charge in [0.15, 0.2) is 0 Å². The molecule has 2 fully saturated rings. The summed E-state index contributed by atoms with van der Waals surface area (Å²) in [5, 5.41) is 5.81. The highest BCUT2D eigenvalue weighted by atomic mass is 16.2. The van der Waals surface area contributed by atoms with Gasteiger partial charge in [0.25, 0.3) is 5.91 Å². The van der Waals surface area contributed by atoms with Crippen LogP contribution < -0.4 is 16.4 Å². The molecule has 2 aliphatic heterocycles. The molecule has 0 bridgehead atoms. The van der Waals surface area contributed by atoms with Gasteiger partial charge < -0.3 is 16.0 Å². The predicted octanol–water partition coefficient (Wildman–Crippen LogP) is 1.05. The molecule has 3 atom stereocenters. The minimum Gasteiger partial charge on any atom is -0.328 e.